The van der Waals surface area contributed by atoms with Gasteiger partial charge < -0.3 is 73.6 Å². The summed E-state index contributed by atoms with van der Waals surface area (Å²) in [5.41, 5.74) is 0.647. The van der Waals surface area contributed by atoms with Crippen LogP contribution in [0.5, 0.6) is 5.75 Å². The predicted molar refractivity (Wildman–Crippen MR) is 214 cm³/mol. The van der Waals surface area contributed by atoms with Crippen molar-refractivity contribution in [2.75, 3.05) is 100.0 Å². The molecule has 0 bridgehead atoms. The highest BCUT2D eigenvalue weighted by Gasteiger charge is 2.45. The molecule has 2 aliphatic heterocycles. The van der Waals surface area contributed by atoms with Gasteiger partial charge in [0.25, 0.3) is 0 Å². The minimum atomic E-state index is -2.36. The summed E-state index contributed by atoms with van der Waals surface area (Å²) < 4.78 is 119. The topological polar surface area (TPSA) is 285 Å². The second-order valence-corrected chi connectivity index (χ2v) is 14.3. The van der Waals surface area contributed by atoms with Crippen LogP contribution in [0.1, 0.15) is 44.9 Å². The Hall–Kier alpha value is -3.16. The summed E-state index contributed by atoms with van der Waals surface area (Å²) in [6.07, 6.45) is -1.57. The standard InChI is InChI=1S/C32H48F5N3O12.C7H15NO5/c1-44-31-29(43)28(42)21(51-32(31)45-2)19-50-9-5-3-4-6-20(40-38)18-39-8-11-47-13-15-49-17-16-48-14-12-46-10-7-22(41)52-30-26(36)24(34)23(33)25(35)27(30)37;9-6-3-5(1-2-8(11)12)13-4-7(6)10/h18,21,28-29,31-32,42-43H,3-17,19,38H2,1-2H3;5-7,9-12H,1-4H2/b39-18?,40-20-;/t21?,28-,29?,31?,32+;/m1./s1. The number of ether oxygens (including phenoxy) is 10. The van der Waals surface area contributed by atoms with Crippen LogP contribution in [-0.4, -0.2) is 203 Å². The monoisotopic (exact) mass is 954 g/mol. The molecule has 2 aliphatic rings. The van der Waals surface area contributed by atoms with E-state index >= 15 is 0 Å². The molecular weight excluding hydrogens is 891 g/mol. The van der Waals surface area contributed by atoms with Crippen molar-refractivity contribution in [1.82, 2.24) is 5.23 Å². The Morgan fingerprint density at radius 3 is 1.92 bits per heavy atom. The minimum absolute atomic E-state index is 0.0630. The summed E-state index contributed by atoms with van der Waals surface area (Å²) in [6.45, 7) is 2.65. The number of halogens is 5. The molecule has 3 rings (SSSR count). The number of hydroxylamine groups is 2. The number of aliphatic imine (C=N–C) groups is 1. The number of carbonyl (C=O) groups is 1. The summed E-state index contributed by atoms with van der Waals surface area (Å²) >= 11 is 0. The van der Waals surface area contributed by atoms with E-state index in [2.05, 4.69) is 14.8 Å². The number of carbonyl (C=O) groups excluding carboxylic acids is 1. The molecule has 6 unspecified atom stereocenters. The lowest BCUT2D eigenvalue weighted by Crippen LogP contribution is -2.59. The number of esters is 1. The molecule has 1 aromatic rings. The number of aliphatic hydroxyl groups excluding tert-OH is 4. The van der Waals surface area contributed by atoms with E-state index < -0.39 is 90.1 Å². The lowest BCUT2D eigenvalue weighted by atomic mass is 9.99. The quantitative estimate of drug-likeness (QED) is 0.00646. The number of hydrogen-bond acceptors (Lipinski definition) is 21. The fourth-order valence-electron chi connectivity index (χ4n) is 5.88. The van der Waals surface area contributed by atoms with Crippen molar-refractivity contribution in [2.24, 2.45) is 15.9 Å². The van der Waals surface area contributed by atoms with E-state index in [0.29, 0.717) is 57.9 Å². The number of hydrogen-bond donors (Lipinski definition) is 7. The molecule has 0 spiro atoms. The number of nitrogens with two attached hydrogens (primary N) is 1. The third-order valence-electron chi connectivity index (χ3n) is 9.48. The molecule has 65 heavy (non-hydrogen) atoms. The highest BCUT2D eigenvalue weighted by Crippen LogP contribution is 2.29. The van der Waals surface area contributed by atoms with Crippen molar-refractivity contribution < 1.29 is 105 Å². The third kappa shape index (κ3) is 22.0. The summed E-state index contributed by atoms with van der Waals surface area (Å²) in [5, 5.41) is 59.5. The van der Waals surface area contributed by atoms with Gasteiger partial charge in [0.05, 0.1) is 103 Å². The first-order valence-corrected chi connectivity index (χ1v) is 20.7. The zero-order chi connectivity index (χ0) is 48.1. The number of aliphatic hydroxyl groups is 4. The summed E-state index contributed by atoms with van der Waals surface area (Å²) in [5.74, 6) is -8.74. The molecule has 21 nitrogen and oxygen atoms in total. The van der Waals surface area contributed by atoms with Crippen LogP contribution in [0.15, 0.2) is 10.1 Å². The first-order chi connectivity index (χ1) is 31.2. The normalized spacial score (nSPS) is 23.8. The molecule has 26 heteroatoms. The Kier molecular flexibility index (Phi) is 29.7. The van der Waals surface area contributed by atoms with Crippen molar-refractivity contribution >= 4 is 17.9 Å². The molecule has 1 aromatic carbocycles. The number of methoxy groups -OCH3 is 2. The predicted octanol–water partition coefficient (Wildman–Crippen LogP) is 0.782. The van der Waals surface area contributed by atoms with Crippen LogP contribution in [-0.2, 0) is 47.4 Å². The van der Waals surface area contributed by atoms with Gasteiger partial charge >= 0.3 is 5.97 Å². The zero-order valence-electron chi connectivity index (χ0n) is 36.3. The van der Waals surface area contributed by atoms with Gasteiger partial charge in [0.15, 0.2) is 6.29 Å². The van der Waals surface area contributed by atoms with Crippen LogP contribution in [0.2, 0.25) is 0 Å². The van der Waals surface area contributed by atoms with Gasteiger partial charge in [-0.25, -0.2) is 13.2 Å². The number of hydrazone groups is 1. The summed E-state index contributed by atoms with van der Waals surface area (Å²) in [4.78, 5) is 15.9. The fraction of sp³-hybridized carbons (Fsp3) is 0.769. The van der Waals surface area contributed by atoms with Crippen LogP contribution < -0.4 is 10.6 Å². The molecule has 0 aliphatic carbocycles. The van der Waals surface area contributed by atoms with Crippen LogP contribution in [0.4, 0.5) is 22.0 Å². The fourth-order valence-corrected chi connectivity index (χ4v) is 5.88. The molecular formula is C39H63F5N4O17. The molecule has 2 saturated heterocycles. The second kappa shape index (κ2) is 33.3. The maximum Gasteiger partial charge on any atom is 0.313 e. The zero-order valence-corrected chi connectivity index (χ0v) is 36.3. The van der Waals surface area contributed by atoms with Gasteiger partial charge in [0, 0.05) is 33.5 Å². The number of rotatable bonds is 30. The number of benzene rings is 1. The summed E-state index contributed by atoms with van der Waals surface area (Å²) in [7, 11) is 2.83. The molecule has 8 atom stereocenters. The maximum absolute atomic E-state index is 13.6. The van der Waals surface area contributed by atoms with Gasteiger partial charge in [-0.15, -0.1) is 0 Å². The highest BCUT2D eigenvalue weighted by atomic mass is 19.2. The van der Waals surface area contributed by atoms with Gasteiger partial charge in [0.1, 0.15) is 30.5 Å². The van der Waals surface area contributed by atoms with Crippen LogP contribution in [0.3, 0.4) is 0 Å². The molecule has 0 aromatic heterocycles. The Morgan fingerprint density at radius 2 is 1.35 bits per heavy atom. The Labute approximate surface area is 372 Å². The SMILES string of the molecule is COC1C(O)[C@H](O)C(COCCCCC/C(C=NCCOCCOCCOCCOCCC(=O)Oc2c(F)c(F)c(F)c(F)c2F)=N/N)O[C@@H]1OC.OC1COC(CCN(O)O)CC1O. The Bertz CT molecular complexity index is 1510. The van der Waals surface area contributed by atoms with Gasteiger partial charge in [-0.05, 0) is 25.7 Å². The highest BCUT2D eigenvalue weighted by molar-refractivity contribution is 6.30. The van der Waals surface area contributed by atoms with Gasteiger partial charge in [-0.3, -0.25) is 20.2 Å². The minimum Gasteiger partial charge on any atom is -0.420 e. The van der Waals surface area contributed by atoms with Crippen molar-refractivity contribution in [3.05, 3.63) is 29.1 Å². The molecule has 376 valence electrons. The number of unbranched alkanes of at least 4 members (excludes halogenated alkanes) is 2. The van der Waals surface area contributed by atoms with Gasteiger partial charge in [-0.2, -0.15) is 13.9 Å². The van der Waals surface area contributed by atoms with Crippen molar-refractivity contribution in [3.8, 4) is 5.75 Å². The largest absolute Gasteiger partial charge is 0.420 e. The van der Waals surface area contributed by atoms with E-state index in [-0.39, 0.29) is 64.1 Å². The van der Waals surface area contributed by atoms with Crippen molar-refractivity contribution in [3.63, 3.8) is 0 Å². The Balaban J connectivity index is 0.000000952. The van der Waals surface area contributed by atoms with Crippen molar-refractivity contribution in [2.45, 2.75) is 94.0 Å². The van der Waals surface area contributed by atoms with Gasteiger partial charge in [-0.1, -0.05) is 11.6 Å². The van der Waals surface area contributed by atoms with E-state index in [1.165, 1.54) is 14.2 Å². The van der Waals surface area contributed by atoms with E-state index in [1.807, 2.05) is 0 Å². The average molecular weight is 955 g/mol. The molecule has 2 fully saturated rings. The van der Waals surface area contributed by atoms with Crippen LogP contribution in [0, 0.1) is 29.1 Å². The lowest BCUT2D eigenvalue weighted by Gasteiger charge is -2.41. The van der Waals surface area contributed by atoms with Crippen LogP contribution in [0.25, 0.3) is 0 Å². The maximum atomic E-state index is 13.6. The molecule has 0 saturated carbocycles. The molecule has 0 radical (unpaired) electrons. The first kappa shape index (κ1) is 58.0. The van der Waals surface area contributed by atoms with Crippen molar-refractivity contribution in [1.29, 1.82) is 0 Å². The smallest absolute Gasteiger partial charge is 0.313 e. The first-order valence-electron chi connectivity index (χ1n) is 20.7. The lowest BCUT2D eigenvalue weighted by molar-refractivity contribution is -0.309. The van der Waals surface area contributed by atoms with Gasteiger partial charge in [0.2, 0.25) is 34.8 Å². The summed E-state index contributed by atoms with van der Waals surface area (Å²) in [6, 6.07) is 0. The molecule has 0 amide bonds. The van der Waals surface area contributed by atoms with E-state index in [1.54, 1.807) is 6.21 Å². The molecule has 8 N–H and O–H groups in total. The number of nitrogens with zero attached hydrogens (tertiary/aromatic N) is 3. The van der Waals surface area contributed by atoms with E-state index in [4.69, 9.17) is 64.0 Å². The Morgan fingerprint density at radius 1 is 0.754 bits per heavy atom. The van der Waals surface area contributed by atoms with E-state index in [9.17, 15) is 42.1 Å². The van der Waals surface area contributed by atoms with Crippen LogP contribution >= 0.6 is 0 Å². The second-order valence-electron chi connectivity index (χ2n) is 14.3. The average Bonchev–Trinajstić information content (AvgIpc) is 3.29. The molecule has 2 heterocycles. The van der Waals surface area contributed by atoms with E-state index in [0.717, 1.165) is 19.3 Å². The third-order valence-corrected chi connectivity index (χ3v) is 9.48.